The van der Waals surface area contributed by atoms with Crippen molar-refractivity contribution in [2.45, 2.75) is 33.2 Å². The average molecular weight is 484 g/mol. The lowest BCUT2D eigenvalue weighted by molar-refractivity contribution is -0.122. The summed E-state index contributed by atoms with van der Waals surface area (Å²) in [7, 11) is 0. The van der Waals surface area contributed by atoms with Crippen molar-refractivity contribution in [1.82, 2.24) is 5.32 Å². The van der Waals surface area contributed by atoms with Crippen LogP contribution in [0.1, 0.15) is 38.8 Å². The molecule has 1 saturated heterocycles. The fraction of sp³-hybridized carbons (Fsp3) is 0.240. The van der Waals surface area contributed by atoms with Crippen LogP contribution < -0.4 is 15.1 Å². The van der Waals surface area contributed by atoms with Crippen molar-refractivity contribution >= 4 is 63.8 Å². The van der Waals surface area contributed by atoms with E-state index in [2.05, 4.69) is 30.1 Å². The van der Waals surface area contributed by atoms with Gasteiger partial charge in [-0.3, -0.25) is 19.8 Å². The molecule has 4 rings (SSSR count). The second-order valence-corrected chi connectivity index (χ2v) is 9.37. The van der Waals surface area contributed by atoms with Crippen LogP contribution in [0.25, 0.3) is 11.6 Å². The minimum atomic E-state index is -0.670. The van der Waals surface area contributed by atoms with Crippen molar-refractivity contribution in [1.29, 1.82) is 0 Å². The third kappa shape index (κ3) is 4.07. The molecule has 1 N–H and O–H groups in total. The normalized spacial score (nSPS) is 18.9. The standard InChI is InChI=1S/C25H23ClFN3O2S/c1-5-29-21-12-20(27)15(10-18(21)14(2)13-25(29,3)4)11-19-22(31)28-24(33)30(23(19)32)17-8-6-16(26)7-9-17/h6-13H,5H2,1-4H3,(H,28,31,33)/b19-11-. The van der Waals surface area contributed by atoms with Crippen molar-refractivity contribution in [2.75, 3.05) is 16.3 Å². The Kier molecular flexibility index (Phi) is 5.88. The van der Waals surface area contributed by atoms with Crippen molar-refractivity contribution in [3.63, 3.8) is 0 Å². The number of amides is 2. The molecule has 0 bridgehead atoms. The van der Waals surface area contributed by atoms with Crippen LogP contribution in [-0.2, 0) is 9.59 Å². The van der Waals surface area contributed by atoms with Gasteiger partial charge in [-0.15, -0.1) is 0 Å². The molecule has 0 saturated carbocycles. The molecule has 2 amide bonds. The third-order valence-corrected chi connectivity index (χ3v) is 6.44. The maximum Gasteiger partial charge on any atom is 0.270 e. The largest absolute Gasteiger partial charge is 0.363 e. The van der Waals surface area contributed by atoms with Crippen molar-refractivity contribution < 1.29 is 14.0 Å². The van der Waals surface area contributed by atoms with E-state index in [1.165, 1.54) is 17.0 Å². The van der Waals surface area contributed by atoms with Crippen molar-refractivity contribution in [3.8, 4) is 0 Å². The molecule has 2 aromatic rings. The van der Waals surface area contributed by atoms with Gasteiger partial charge in [0.2, 0.25) is 0 Å². The van der Waals surface area contributed by atoms with Gasteiger partial charge in [0.15, 0.2) is 5.11 Å². The molecule has 8 heteroatoms. The highest BCUT2D eigenvalue weighted by atomic mass is 35.5. The molecule has 1 fully saturated rings. The van der Waals surface area contributed by atoms with Gasteiger partial charge in [-0.1, -0.05) is 17.7 Å². The lowest BCUT2D eigenvalue weighted by Gasteiger charge is -2.43. The minimum Gasteiger partial charge on any atom is -0.363 e. The molecule has 170 valence electrons. The molecule has 0 aliphatic carbocycles. The number of halogens is 2. The summed E-state index contributed by atoms with van der Waals surface area (Å²) in [6.07, 6.45) is 3.41. The predicted octanol–water partition coefficient (Wildman–Crippen LogP) is 5.33. The molecule has 5 nitrogen and oxygen atoms in total. The number of carbonyl (C=O) groups is 2. The van der Waals surface area contributed by atoms with E-state index in [1.807, 2.05) is 13.8 Å². The molecule has 0 unspecified atom stereocenters. The number of likely N-dealkylation sites (N-methyl/N-ethyl adjacent to an activating group) is 1. The summed E-state index contributed by atoms with van der Waals surface area (Å²) in [5, 5.41) is 2.97. The van der Waals surface area contributed by atoms with E-state index in [0.717, 1.165) is 16.8 Å². The Hall–Kier alpha value is -3.03. The Bertz CT molecular complexity index is 1250. The van der Waals surface area contributed by atoms with E-state index < -0.39 is 17.6 Å². The van der Waals surface area contributed by atoms with Gasteiger partial charge in [-0.05, 0) is 88.0 Å². The van der Waals surface area contributed by atoms with Crippen LogP contribution in [0.2, 0.25) is 5.02 Å². The van der Waals surface area contributed by atoms with Crippen molar-refractivity contribution in [3.05, 3.63) is 70.0 Å². The number of hydrogen-bond acceptors (Lipinski definition) is 4. The first kappa shape index (κ1) is 23.1. The summed E-state index contributed by atoms with van der Waals surface area (Å²) in [4.78, 5) is 29.2. The second kappa shape index (κ2) is 8.39. The maximum atomic E-state index is 15.2. The summed E-state index contributed by atoms with van der Waals surface area (Å²) in [6.45, 7) is 8.86. The van der Waals surface area contributed by atoms with Gasteiger partial charge in [-0.25, -0.2) is 4.39 Å². The molecule has 0 atom stereocenters. The number of allylic oxidation sites excluding steroid dienone is 1. The van der Waals surface area contributed by atoms with Crippen LogP contribution in [-0.4, -0.2) is 29.0 Å². The summed E-state index contributed by atoms with van der Waals surface area (Å²) in [6, 6.07) is 9.63. The molecule has 2 aliphatic rings. The summed E-state index contributed by atoms with van der Waals surface area (Å²) in [5.41, 5.74) is 2.78. The number of anilines is 2. The Morgan fingerprint density at radius 1 is 1.18 bits per heavy atom. The van der Waals surface area contributed by atoms with E-state index >= 15 is 4.39 Å². The number of benzene rings is 2. The van der Waals surface area contributed by atoms with Gasteiger partial charge in [0.1, 0.15) is 11.4 Å². The summed E-state index contributed by atoms with van der Waals surface area (Å²) >= 11 is 11.1. The first-order valence-electron chi connectivity index (χ1n) is 10.5. The molecule has 2 aromatic carbocycles. The number of thiocarbonyl (C=S) groups is 1. The van der Waals surface area contributed by atoms with Crippen LogP contribution in [0, 0.1) is 5.82 Å². The van der Waals surface area contributed by atoms with Gasteiger partial charge < -0.3 is 4.90 Å². The van der Waals surface area contributed by atoms with Gasteiger partial charge >= 0.3 is 0 Å². The van der Waals surface area contributed by atoms with Crippen LogP contribution in [0.5, 0.6) is 0 Å². The predicted molar refractivity (Wildman–Crippen MR) is 135 cm³/mol. The smallest absolute Gasteiger partial charge is 0.270 e. The highest BCUT2D eigenvalue weighted by molar-refractivity contribution is 7.80. The SMILES string of the molecule is CCN1c2cc(F)c(/C=C3/C(=O)NC(=S)N(c4ccc(Cl)cc4)C3=O)cc2C(C)=CC1(C)C. The zero-order chi connectivity index (χ0) is 24.1. The number of carbonyl (C=O) groups excluding carboxylic acids is 2. The van der Waals surface area contributed by atoms with Crippen LogP contribution in [0.4, 0.5) is 15.8 Å². The van der Waals surface area contributed by atoms with E-state index in [9.17, 15) is 9.59 Å². The average Bonchev–Trinajstić information content (AvgIpc) is 2.72. The highest BCUT2D eigenvalue weighted by Crippen LogP contribution is 2.40. The van der Waals surface area contributed by atoms with Crippen LogP contribution in [0.15, 0.2) is 48.0 Å². The molecule has 0 aromatic heterocycles. The number of nitrogens with one attached hydrogen (secondary N) is 1. The fourth-order valence-corrected chi connectivity index (χ4v) is 4.85. The number of hydrogen-bond donors (Lipinski definition) is 1. The van der Waals surface area contributed by atoms with Crippen molar-refractivity contribution in [2.24, 2.45) is 0 Å². The van der Waals surface area contributed by atoms with Crippen LogP contribution >= 0.6 is 23.8 Å². The lowest BCUT2D eigenvalue weighted by atomic mass is 9.87. The molecule has 33 heavy (non-hydrogen) atoms. The fourth-order valence-electron chi connectivity index (χ4n) is 4.44. The molecule has 2 heterocycles. The molecular formula is C25H23ClFN3O2S. The van der Waals surface area contributed by atoms with E-state index in [4.69, 9.17) is 23.8 Å². The third-order valence-electron chi connectivity index (χ3n) is 5.90. The van der Waals surface area contributed by atoms with Gasteiger partial charge in [0, 0.05) is 28.4 Å². The van der Waals surface area contributed by atoms with E-state index in [0.29, 0.717) is 17.3 Å². The quantitative estimate of drug-likeness (QED) is 0.364. The first-order chi connectivity index (χ1) is 15.5. The van der Waals surface area contributed by atoms with E-state index in [-0.39, 0.29) is 21.8 Å². The lowest BCUT2D eigenvalue weighted by Crippen LogP contribution is -2.54. The van der Waals surface area contributed by atoms with Gasteiger partial charge in [0.25, 0.3) is 11.8 Å². The first-order valence-corrected chi connectivity index (χ1v) is 11.3. The Balaban J connectivity index is 1.79. The zero-order valence-electron chi connectivity index (χ0n) is 18.7. The summed E-state index contributed by atoms with van der Waals surface area (Å²) in [5.74, 6) is -1.82. The molecule has 0 spiro atoms. The second-order valence-electron chi connectivity index (χ2n) is 8.55. The maximum absolute atomic E-state index is 15.2. The number of rotatable bonds is 3. The van der Waals surface area contributed by atoms with Gasteiger partial charge in [-0.2, -0.15) is 0 Å². The summed E-state index contributed by atoms with van der Waals surface area (Å²) < 4.78 is 15.2. The Labute approximate surface area is 202 Å². The topological polar surface area (TPSA) is 52.7 Å². The molecular weight excluding hydrogens is 461 g/mol. The van der Waals surface area contributed by atoms with E-state index in [1.54, 1.807) is 30.3 Å². The Morgan fingerprint density at radius 3 is 2.48 bits per heavy atom. The molecule has 2 aliphatic heterocycles. The van der Waals surface area contributed by atoms with Gasteiger partial charge in [0.05, 0.1) is 11.2 Å². The highest BCUT2D eigenvalue weighted by Gasteiger charge is 2.35. The minimum absolute atomic E-state index is 0.0463. The molecule has 0 radical (unpaired) electrons. The Morgan fingerprint density at radius 2 is 1.85 bits per heavy atom. The monoisotopic (exact) mass is 483 g/mol. The van der Waals surface area contributed by atoms with Crippen LogP contribution in [0.3, 0.4) is 0 Å². The zero-order valence-corrected chi connectivity index (χ0v) is 20.3. The number of fused-ring (bicyclic) bond motifs is 1. The number of nitrogens with zero attached hydrogens (tertiary/aromatic N) is 2.